The molecule has 0 amide bonds. The van der Waals surface area contributed by atoms with Crippen molar-refractivity contribution in [1.29, 1.82) is 0 Å². The van der Waals surface area contributed by atoms with Crippen LogP contribution in [0.3, 0.4) is 0 Å². The maximum Gasteiger partial charge on any atom is 0.317 e. The van der Waals surface area contributed by atoms with Crippen molar-refractivity contribution in [2.45, 2.75) is 19.3 Å². The number of ketones is 1. The lowest BCUT2D eigenvalue weighted by atomic mass is 9.73. The van der Waals surface area contributed by atoms with Gasteiger partial charge >= 0.3 is 5.97 Å². The van der Waals surface area contributed by atoms with Crippen LogP contribution in [0.25, 0.3) is 5.57 Å². The van der Waals surface area contributed by atoms with Gasteiger partial charge in [-0.2, -0.15) is 0 Å². The fourth-order valence-corrected chi connectivity index (χ4v) is 3.65. The summed E-state index contributed by atoms with van der Waals surface area (Å²) < 4.78 is 16.0. The van der Waals surface area contributed by atoms with E-state index in [-0.39, 0.29) is 18.3 Å². The summed E-state index contributed by atoms with van der Waals surface area (Å²) in [5, 5.41) is 0. The van der Waals surface area contributed by atoms with Gasteiger partial charge < -0.3 is 14.2 Å². The molecule has 5 heteroatoms. The third-order valence-corrected chi connectivity index (χ3v) is 4.99. The maximum atomic E-state index is 13.0. The highest BCUT2D eigenvalue weighted by atomic mass is 16.5. The van der Waals surface area contributed by atoms with Crippen molar-refractivity contribution in [1.82, 2.24) is 0 Å². The van der Waals surface area contributed by atoms with E-state index < -0.39 is 11.9 Å². The fraction of sp³-hybridized carbons (Fsp3) is 0.304. The highest BCUT2D eigenvalue weighted by Gasteiger charge is 2.40. The number of esters is 1. The molecule has 0 spiro atoms. The summed E-state index contributed by atoms with van der Waals surface area (Å²) in [6, 6.07) is 15.1. The monoisotopic (exact) mass is 380 g/mol. The number of hydrogen-bond donors (Lipinski definition) is 0. The summed E-state index contributed by atoms with van der Waals surface area (Å²) >= 11 is 0. The van der Waals surface area contributed by atoms with Crippen molar-refractivity contribution in [3.8, 4) is 11.5 Å². The highest BCUT2D eigenvalue weighted by molar-refractivity contribution is 6.11. The number of hydrogen-bond acceptors (Lipinski definition) is 5. The van der Waals surface area contributed by atoms with Gasteiger partial charge in [0, 0.05) is 17.5 Å². The Balaban J connectivity index is 2.05. The van der Waals surface area contributed by atoms with Crippen molar-refractivity contribution < 1.29 is 23.8 Å². The second-order valence-corrected chi connectivity index (χ2v) is 6.59. The minimum absolute atomic E-state index is 0.243. The Bertz CT molecular complexity index is 885. The quantitative estimate of drug-likeness (QED) is 0.559. The number of carbonyl (C=O) groups excluding carboxylic acids is 2. The van der Waals surface area contributed by atoms with Crippen LogP contribution >= 0.6 is 0 Å². The largest absolute Gasteiger partial charge is 0.497 e. The zero-order chi connectivity index (χ0) is 20.1. The van der Waals surface area contributed by atoms with Crippen LogP contribution in [0.4, 0.5) is 0 Å². The number of allylic oxidation sites excluding steroid dienone is 2. The van der Waals surface area contributed by atoms with Gasteiger partial charge in [-0.3, -0.25) is 9.59 Å². The molecule has 0 saturated carbocycles. The van der Waals surface area contributed by atoms with Crippen LogP contribution in [0.2, 0.25) is 0 Å². The molecule has 2 aromatic rings. The second-order valence-electron chi connectivity index (χ2n) is 6.59. The van der Waals surface area contributed by atoms with Gasteiger partial charge in [-0.1, -0.05) is 30.3 Å². The SMILES string of the molecule is CCOC(=O)[C@@H]1C(=O)C=C(c2ccc(OC)cc2OC)C[C@@H]1c1ccccc1. The van der Waals surface area contributed by atoms with Crippen molar-refractivity contribution in [3.05, 3.63) is 65.7 Å². The van der Waals surface area contributed by atoms with Crippen LogP contribution < -0.4 is 9.47 Å². The molecular formula is C23H24O5. The minimum Gasteiger partial charge on any atom is -0.497 e. The van der Waals surface area contributed by atoms with E-state index in [1.165, 1.54) is 0 Å². The van der Waals surface area contributed by atoms with E-state index in [2.05, 4.69) is 0 Å². The Labute approximate surface area is 164 Å². The Hall–Kier alpha value is -3.08. The number of rotatable bonds is 6. The van der Waals surface area contributed by atoms with Crippen LogP contribution in [0, 0.1) is 5.92 Å². The van der Waals surface area contributed by atoms with Gasteiger partial charge in [-0.25, -0.2) is 0 Å². The molecule has 0 unspecified atom stereocenters. The van der Waals surface area contributed by atoms with Gasteiger partial charge in [0.25, 0.3) is 0 Å². The van der Waals surface area contributed by atoms with Gasteiger partial charge in [-0.05, 0) is 42.7 Å². The van der Waals surface area contributed by atoms with Gasteiger partial charge in [0.05, 0.1) is 20.8 Å². The van der Waals surface area contributed by atoms with Crippen molar-refractivity contribution >= 4 is 17.3 Å². The first-order valence-corrected chi connectivity index (χ1v) is 9.27. The average molecular weight is 380 g/mol. The molecule has 0 aromatic heterocycles. The first kappa shape index (κ1) is 19.7. The molecule has 2 atom stereocenters. The molecule has 2 aromatic carbocycles. The lowest BCUT2D eigenvalue weighted by molar-refractivity contribution is -0.151. The Morgan fingerprint density at radius 2 is 1.82 bits per heavy atom. The van der Waals surface area contributed by atoms with Gasteiger partial charge in [0.15, 0.2) is 5.78 Å². The Morgan fingerprint density at radius 1 is 1.07 bits per heavy atom. The Kier molecular flexibility index (Phi) is 6.14. The predicted octanol–water partition coefficient (Wildman–Crippen LogP) is 4.02. The van der Waals surface area contributed by atoms with Gasteiger partial charge in [-0.15, -0.1) is 0 Å². The van der Waals surface area contributed by atoms with E-state index in [4.69, 9.17) is 14.2 Å². The molecule has 0 N–H and O–H groups in total. The van der Waals surface area contributed by atoms with E-state index in [1.807, 2.05) is 42.5 Å². The molecule has 5 nitrogen and oxygen atoms in total. The lowest BCUT2D eigenvalue weighted by Gasteiger charge is -2.30. The van der Waals surface area contributed by atoms with Crippen molar-refractivity contribution in [2.24, 2.45) is 5.92 Å². The molecule has 0 saturated heterocycles. The molecule has 1 aliphatic carbocycles. The summed E-state index contributed by atoms with van der Waals surface area (Å²) in [5.41, 5.74) is 2.59. The smallest absolute Gasteiger partial charge is 0.317 e. The van der Waals surface area contributed by atoms with Crippen LogP contribution in [-0.2, 0) is 14.3 Å². The molecule has 0 fully saturated rings. The lowest BCUT2D eigenvalue weighted by Crippen LogP contribution is -2.34. The summed E-state index contributed by atoms with van der Waals surface area (Å²) in [5.74, 6) is -0.549. The third-order valence-electron chi connectivity index (χ3n) is 4.99. The zero-order valence-corrected chi connectivity index (χ0v) is 16.3. The average Bonchev–Trinajstić information content (AvgIpc) is 2.73. The second kappa shape index (κ2) is 8.74. The first-order valence-electron chi connectivity index (χ1n) is 9.27. The third kappa shape index (κ3) is 3.93. The number of ether oxygens (including phenoxy) is 3. The molecule has 146 valence electrons. The molecule has 1 aliphatic rings. The molecule has 0 bridgehead atoms. The minimum atomic E-state index is -0.838. The normalized spacial score (nSPS) is 19.0. The first-order chi connectivity index (χ1) is 13.6. The zero-order valence-electron chi connectivity index (χ0n) is 16.3. The van der Waals surface area contributed by atoms with Crippen LogP contribution in [0.1, 0.15) is 30.4 Å². The molecule has 0 aliphatic heterocycles. The fourth-order valence-electron chi connectivity index (χ4n) is 3.65. The van der Waals surface area contributed by atoms with Gasteiger partial charge in [0.2, 0.25) is 0 Å². The van der Waals surface area contributed by atoms with Crippen molar-refractivity contribution in [2.75, 3.05) is 20.8 Å². The maximum absolute atomic E-state index is 13.0. The van der Waals surface area contributed by atoms with E-state index in [0.29, 0.717) is 17.9 Å². The summed E-state index contributed by atoms with van der Waals surface area (Å²) in [7, 11) is 3.17. The standard InChI is InChI=1S/C23H24O5/c1-4-28-23(25)22-19(15-8-6-5-7-9-15)12-16(13-20(22)24)18-11-10-17(26-2)14-21(18)27-3/h5-11,13-14,19,22H,4,12H2,1-3H3/t19-,22+/m1/s1. The summed E-state index contributed by atoms with van der Waals surface area (Å²) in [4.78, 5) is 25.5. The molecule has 0 heterocycles. The van der Waals surface area contributed by atoms with E-state index in [9.17, 15) is 9.59 Å². The number of benzene rings is 2. The van der Waals surface area contributed by atoms with Crippen molar-refractivity contribution in [3.63, 3.8) is 0 Å². The summed E-state index contributed by atoms with van der Waals surface area (Å²) in [6.07, 6.45) is 2.08. The molecule has 28 heavy (non-hydrogen) atoms. The van der Waals surface area contributed by atoms with E-state index in [1.54, 1.807) is 33.3 Å². The summed E-state index contributed by atoms with van der Waals surface area (Å²) in [6.45, 7) is 1.99. The molecular weight excluding hydrogens is 356 g/mol. The topological polar surface area (TPSA) is 61.8 Å². The molecule has 3 rings (SSSR count). The van der Waals surface area contributed by atoms with E-state index in [0.717, 1.165) is 16.7 Å². The van der Waals surface area contributed by atoms with Crippen LogP contribution in [-0.4, -0.2) is 32.6 Å². The number of carbonyl (C=O) groups is 2. The highest BCUT2D eigenvalue weighted by Crippen LogP contribution is 2.43. The molecule has 0 radical (unpaired) electrons. The van der Waals surface area contributed by atoms with Gasteiger partial charge in [0.1, 0.15) is 17.4 Å². The van der Waals surface area contributed by atoms with Crippen LogP contribution in [0.5, 0.6) is 11.5 Å². The number of methoxy groups -OCH3 is 2. The predicted molar refractivity (Wildman–Crippen MR) is 106 cm³/mol. The van der Waals surface area contributed by atoms with E-state index >= 15 is 0 Å². The Morgan fingerprint density at radius 3 is 2.46 bits per heavy atom. The van der Waals surface area contributed by atoms with Crippen LogP contribution in [0.15, 0.2) is 54.6 Å².